The summed E-state index contributed by atoms with van der Waals surface area (Å²) in [6.45, 7) is 1.73. The molecule has 2 rings (SSSR count). The van der Waals surface area contributed by atoms with E-state index in [4.69, 9.17) is 20.3 Å². The summed E-state index contributed by atoms with van der Waals surface area (Å²) in [4.78, 5) is 10.5. The molecule has 0 fully saturated rings. The lowest BCUT2D eigenvalue weighted by Crippen LogP contribution is -2.10. The SMILES string of the molecule is Cc1cc(Cc2ccc(OCN)cc2)ccc1OCC(=O)O. The zero-order chi connectivity index (χ0) is 15.9. The Balaban J connectivity index is 2.03. The molecular formula is C17H19NO4. The molecule has 0 aliphatic carbocycles. The lowest BCUT2D eigenvalue weighted by molar-refractivity contribution is -0.139. The maximum atomic E-state index is 10.5. The van der Waals surface area contributed by atoms with E-state index in [9.17, 15) is 4.79 Å². The van der Waals surface area contributed by atoms with Crippen molar-refractivity contribution in [3.8, 4) is 11.5 Å². The summed E-state index contributed by atoms with van der Waals surface area (Å²) in [5.74, 6) is 0.362. The zero-order valence-corrected chi connectivity index (χ0v) is 12.4. The fraction of sp³-hybridized carbons (Fsp3) is 0.235. The first-order chi connectivity index (χ1) is 10.6. The molecular weight excluding hydrogens is 282 g/mol. The minimum atomic E-state index is -0.983. The number of carboxylic acid groups (broad SMARTS) is 1. The van der Waals surface area contributed by atoms with Gasteiger partial charge in [0.05, 0.1) is 0 Å². The normalized spacial score (nSPS) is 10.3. The van der Waals surface area contributed by atoms with E-state index in [1.165, 1.54) is 0 Å². The number of nitrogens with two attached hydrogens (primary N) is 1. The Bertz CT molecular complexity index is 638. The van der Waals surface area contributed by atoms with Gasteiger partial charge in [0, 0.05) is 0 Å². The van der Waals surface area contributed by atoms with Crippen LogP contribution in [0.25, 0.3) is 0 Å². The van der Waals surface area contributed by atoms with E-state index < -0.39 is 5.97 Å². The first-order valence-electron chi connectivity index (χ1n) is 6.94. The molecule has 0 saturated heterocycles. The molecule has 0 heterocycles. The van der Waals surface area contributed by atoms with Gasteiger partial charge in [0.25, 0.3) is 0 Å². The Hall–Kier alpha value is -2.53. The summed E-state index contributed by atoms with van der Waals surface area (Å²) in [7, 11) is 0. The topological polar surface area (TPSA) is 81.8 Å². The Kier molecular flexibility index (Phi) is 5.38. The van der Waals surface area contributed by atoms with Crippen LogP contribution in [0, 0.1) is 6.92 Å². The second kappa shape index (κ2) is 7.47. The van der Waals surface area contributed by atoms with Crippen molar-refractivity contribution < 1.29 is 19.4 Å². The van der Waals surface area contributed by atoms with E-state index >= 15 is 0 Å². The molecule has 0 saturated carbocycles. The molecule has 0 amide bonds. The number of hydrogen-bond acceptors (Lipinski definition) is 4. The Morgan fingerprint density at radius 1 is 1.09 bits per heavy atom. The van der Waals surface area contributed by atoms with E-state index in [2.05, 4.69) is 0 Å². The molecule has 0 unspecified atom stereocenters. The summed E-state index contributed by atoms with van der Waals surface area (Å²) >= 11 is 0. The van der Waals surface area contributed by atoms with Gasteiger partial charge in [-0.2, -0.15) is 0 Å². The van der Waals surface area contributed by atoms with Crippen molar-refractivity contribution in [2.24, 2.45) is 5.73 Å². The second-order valence-electron chi connectivity index (χ2n) is 4.91. The van der Waals surface area contributed by atoms with Gasteiger partial charge >= 0.3 is 5.97 Å². The third-order valence-electron chi connectivity index (χ3n) is 3.17. The van der Waals surface area contributed by atoms with Gasteiger partial charge in [0.2, 0.25) is 0 Å². The number of benzene rings is 2. The van der Waals surface area contributed by atoms with E-state index in [1.807, 2.05) is 43.3 Å². The maximum absolute atomic E-state index is 10.5. The van der Waals surface area contributed by atoms with Crippen LogP contribution in [0.3, 0.4) is 0 Å². The van der Waals surface area contributed by atoms with E-state index in [0.29, 0.717) is 5.75 Å². The van der Waals surface area contributed by atoms with Crippen LogP contribution in [0.2, 0.25) is 0 Å². The van der Waals surface area contributed by atoms with Crippen LogP contribution >= 0.6 is 0 Å². The fourth-order valence-corrected chi connectivity index (χ4v) is 2.16. The van der Waals surface area contributed by atoms with Crippen LogP contribution in [0.5, 0.6) is 11.5 Å². The van der Waals surface area contributed by atoms with Crippen LogP contribution in [0.15, 0.2) is 42.5 Å². The molecule has 0 radical (unpaired) electrons. The Morgan fingerprint density at radius 2 is 1.77 bits per heavy atom. The predicted molar refractivity (Wildman–Crippen MR) is 83.2 cm³/mol. The number of carbonyl (C=O) groups is 1. The Morgan fingerprint density at radius 3 is 2.36 bits per heavy atom. The minimum absolute atomic E-state index is 0.163. The van der Waals surface area contributed by atoms with Crippen molar-refractivity contribution in [1.29, 1.82) is 0 Å². The summed E-state index contributed by atoms with van der Waals surface area (Å²) in [6.07, 6.45) is 0.781. The largest absolute Gasteiger partial charge is 0.482 e. The van der Waals surface area contributed by atoms with Crippen LogP contribution < -0.4 is 15.2 Å². The first-order valence-corrected chi connectivity index (χ1v) is 6.94. The van der Waals surface area contributed by atoms with Crippen molar-refractivity contribution in [2.45, 2.75) is 13.3 Å². The van der Waals surface area contributed by atoms with E-state index in [-0.39, 0.29) is 13.3 Å². The molecule has 0 aromatic heterocycles. The summed E-state index contributed by atoms with van der Waals surface area (Å²) in [5.41, 5.74) is 8.53. The molecule has 2 aromatic carbocycles. The molecule has 5 heteroatoms. The number of rotatable bonds is 7. The number of hydrogen-bond donors (Lipinski definition) is 2. The number of carboxylic acids is 1. The van der Waals surface area contributed by atoms with Gasteiger partial charge in [0.15, 0.2) is 6.61 Å². The van der Waals surface area contributed by atoms with Gasteiger partial charge in [-0.05, 0) is 48.2 Å². The molecule has 116 valence electrons. The first kappa shape index (κ1) is 15.9. The third-order valence-corrected chi connectivity index (χ3v) is 3.17. The molecule has 2 aromatic rings. The highest BCUT2D eigenvalue weighted by Gasteiger charge is 2.05. The predicted octanol–water partition coefficient (Wildman–Crippen LogP) is 2.34. The summed E-state index contributed by atoms with van der Waals surface area (Å²) < 4.78 is 10.4. The lowest BCUT2D eigenvalue weighted by atomic mass is 10.0. The fourth-order valence-electron chi connectivity index (χ4n) is 2.16. The van der Waals surface area contributed by atoms with Gasteiger partial charge in [-0.1, -0.05) is 24.3 Å². The van der Waals surface area contributed by atoms with Gasteiger partial charge in [-0.3, -0.25) is 5.73 Å². The molecule has 0 bridgehead atoms. The third kappa shape index (κ3) is 4.49. The average molecular weight is 301 g/mol. The highest BCUT2D eigenvalue weighted by atomic mass is 16.5. The van der Waals surface area contributed by atoms with Crippen molar-refractivity contribution in [3.63, 3.8) is 0 Å². The monoisotopic (exact) mass is 301 g/mol. The van der Waals surface area contributed by atoms with Crippen LogP contribution in [-0.4, -0.2) is 24.4 Å². The number of ether oxygens (including phenoxy) is 2. The van der Waals surface area contributed by atoms with Crippen LogP contribution in [0.1, 0.15) is 16.7 Å². The van der Waals surface area contributed by atoms with Gasteiger partial charge in [0.1, 0.15) is 18.2 Å². The molecule has 22 heavy (non-hydrogen) atoms. The van der Waals surface area contributed by atoms with Crippen LogP contribution in [0.4, 0.5) is 0 Å². The lowest BCUT2D eigenvalue weighted by Gasteiger charge is -2.10. The van der Waals surface area contributed by atoms with Crippen LogP contribution in [-0.2, 0) is 11.2 Å². The van der Waals surface area contributed by atoms with Gasteiger partial charge < -0.3 is 14.6 Å². The van der Waals surface area contributed by atoms with E-state index in [1.54, 1.807) is 6.07 Å². The summed E-state index contributed by atoms with van der Waals surface area (Å²) in [6, 6.07) is 13.5. The zero-order valence-electron chi connectivity index (χ0n) is 12.4. The smallest absolute Gasteiger partial charge is 0.341 e. The van der Waals surface area contributed by atoms with Crippen molar-refractivity contribution in [3.05, 3.63) is 59.2 Å². The summed E-state index contributed by atoms with van der Waals surface area (Å²) in [5, 5.41) is 8.63. The Labute approximate surface area is 129 Å². The van der Waals surface area contributed by atoms with Gasteiger partial charge in [-0.25, -0.2) is 4.79 Å². The molecule has 0 aliphatic heterocycles. The minimum Gasteiger partial charge on any atom is -0.482 e. The number of aliphatic carboxylic acids is 1. The average Bonchev–Trinajstić information content (AvgIpc) is 2.48. The standard InChI is InChI=1S/C17H19NO4/c1-12-8-14(4-7-16(12)21-10-17(19)20)9-13-2-5-15(6-3-13)22-11-18/h2-8H,9-11,18H2,1H3,(H,19,20). The van der Waals surface area contributed by atoms with E-state index in [0.717, 1.165) is 28.9 Å². The molecule has 0 spiro atoms. The van der Waals surface area contributed by atoms with Crippen molar-refractivity contribution in [2.75, 3.05) is 13.3 Å². The molecule has 3 N–H and O–H groups in total. The van der Waals surface area contributed by atoms with Gasteiger partial charge in [-0.15, -0.1) is 0 Å². The number of aryl methyl sites for hydroxylation is 1. The highest BCUT2D eigenvalue weighted by molar-refractivity contribution is 5.68. The molecule has 0 atom stereocenters. The quantitative estimate of drug-likeness (QED) is 0.767. The molecule has 0 aliphatic rings. The second-order valence-corrected chi connectivity index (χ2v) is 4.91. The highest BCUT2D eigenvalue weighted by Crippen LogP contribution is 2.21. The maximum Gasteiger partial charge on any atom is 0.341 e. The van der Waals surface area contributed by atoms with Crippen molar-refractivity contribution in [1.82, 2.24) is 0 Å². The molecule has 5 nitrogen and oxygen atoms in total. The van der Waals surface area contributed by atoms with Crippen molar-refractivity contribution >= 4 is 5.97 Å².